The summed E-state index contributed by atoms with van der Waals surface area (Å²) in [4.78, 5) is 0. The summed E-state index contributed by atoms with van der Waals surface area (Å²) >= 11 is 0. The summed E-state index contributed by atoms with van der Waals surface area (Å²) in [5, 5.41) is 39.6. The van der Waals surface area contributed by atoms with Crippen molar-refractivity contribution in [1.82, 2.24) is 0 Å². The fourth-order valence-electron chi connectivity index (χ4n) is 2.43. The Balaban J connectivity index is 2.35. The number of hydrogen-bond donors (Lipinski definition) is 4. The first-order valence-electron chi connectivity index (χ1n) is 7.72. The molecule has 2 rings (SSSR count). The third-order valence-corrected chi connectivity index (χ3v) is 3.79. The molecule has 0 saturated carbocycles. The van der Waals surface area contributed by atoms with Crippen LogP contribution in [0, 0.1) is 0 Å². The molecule has 0 radical (unpaired) electrons. The SMILES string of the molecule is COc1cc(C(O)C(CO)Oc2c(OC)cc(O)cc2OC)ccc1O. The minimum atomic E-state index is -1.24. The predicted molar refractivity (Wildman–Crippen MR) is 92.3 cm³/mol. The van der Waals surface area contributed by atoms with E-state index in [1.807, 2.05) is 0 Å². The number of benzene rings is 2. The first kappa shape index (κ1) is 19.5. The minimum absolute atomic E-state index is 0.0770. The van der Waals surface area contributed by atoms with Gasteiger partial charge >= 0.3 is 0 Å². The Morgan fingerprint density at radius 3 is 1.96 bits per heavy atom. The molecule has 2 unspecified atom stereocenters. The average molecular weight is 366 g/mol. The van der Waals surface area contributed by atoms with Gasteiger partial charge in [-0.15, -0.1) is 0 Å². The highest BCUT2D eigenvalue weighted by Gasteiger charge is 2.26. The molecule has 0 bridgehead atoms. The zero-order valence-corrected chi connectivity index (χ0v) is 14.7. The van der Waals surface area contributed by atoms with Gasteiger partial charge in [0.25, 0.3) is 0 Å². The van der Waals surface area contributed by atoms with Gasteiger partial charge in [0.15, 0.2) is 29.1 Å². The second-order valence-electron chi connectivity index (χ2n) is 5.39. The topological polar surface area (TPSA) is 118 Å². The number of phenolic OH excluding ortho intramolecular Hbond substituents is 2. The molecule has 0 fully saturated rings. The van der Waals surface area contributed by atoms with Crippen LogP contribution >= 0.6 is 0 Å². The molecule has 26 heavy (non-hydrogen) atoms. The number of hydrogen-bond acceptors (Lipinski definition) is 8. The molecule has 0 spiro atoms. The van der Waals surface area contributed by atoms with Crippen molar-refractivity contribution in [2.75, 3.05) is 27.9 Å². The number of rotatable bonds is 8. The van der Waals surface area contributed by atoms with Crippen LogP contribution in [0.4, 0.5) is 0 Å². The van der Waals surface area contributed by atoms with E-state index in [1.54, 1.807) is 0 Å². The van der Waals surface area contributed by atoms with E-state index in [0.717, 1.165) is 0 Å². The zero-order valence-electron chi connectivity index (χ0n) is 14.7. The number of aliphatic hydroxyl groups excluding tert-OH is 2. The summed E-state index contributed by atoms with van der Waals surface area (Å²) in [5.74, 6) is 0.489. The lowest BCUT2D eigenvalue weighted by molar-refractivity contribution is -0.00177. The average Bonchev–Trinajstić information content (AvgIpc) is 2.66. The molecule has 4 N–H and O–H groups in total. The van der Waals surface area contributed by atoms with Gasteiger partial charge in [-0.2, -0.15) is 0 Å². The molecular formula is C18H22O8. The van der Waals surface area contributed by atoms with E-state index in [1.165, 1.54) is 51.7 Å². The summed E-state index contributed by atoms with van der Waals surface area (Å²) in [6, 6.07) is 6.94. The highest BCUT2D eigenvalue weighted by molar-refractivity contribution is 5.55. The molecule has 0 heterocycles. The van der Waals surface area contributed by atoms with Gasteiger partial charge in [0, 0.05) is 12.1 Å². The van der Waals surface area contributed by atoms with Gasteiger partial charge in [-0.25, -0.2) is 0 Å². The number of methoxy groups -OCH3 is 3. The van der Waals surface area contributed by atoms with Gasteiger partial charge in [-0.05, 0) is 17.7 Å². The molecule has 0 aliphatic heterocycles. The van der Waals surface area contributed by atoms with E-state index in [-0.39, 0.29) is 34.5 Å². The molecule has 0 saturated heterocycles. The van der Waals surface area contributed by atoms with Gasteiger partial charge in [-0.3, -0.25) is 0 Å². The van der Waals surface area contributed by atoms with E-state index in [9.17, 15) is 20.4 Å². The Hall–Kier alpha value is -2.84. The van der Waals surface area contributed by atoms with Crippen molar-refractivity contribution >= 4 is 0 Å². The summed E-state index contributed by atoms with van der Waals surface area (Å²) < 4.78 is 21.1. The van der Waals surface area contributed by atoms with Crippen LogP contribution in [-0.2, 0) is 0 Å². The van der Waals surface area contributed by atoms with Crippen LogP contribution in [0.1, 0.15) is 11.7 Å². The molecule has 0 aromatic heterocycles. The summed E-state index contributed by atoms with van der Waals surface area (Å²) in [5.41, 5.74) is 0.371. The van der Waals surface area contributed by atoms with Crippen molar-refractivity contribution in [2.45, 2.75) is 12.2 Å². The molecular weight excluding hydrogens is 344 g/mol. The molecule has 8 heteroatoms. The number of phenols is 2. The maximum Gasteiger partial charge on any atom is 0.204 e. The van der Waals surface area contributed by atoms with Crippen LogP contribution in [0.5, 0.6) is 34.5 Å². The monoisotopic (exact) mass is 366 g/mol. The van der Waals surface area contributed by atoms with Crippen molar-refractivity contribution in [2.24, 2.45) is 0 Å². The standard InChI is InChI=1S/C18H22O8/c1-23-13-6-10(4-5-12(13)21)17(22)16(9-19)26-18-14(24-2)7-11(20)8-15(18)25-3/h4-8,16-17,19-22H,9H2,1-3H3. The molecule has 2 atom stereocenters. The Kier molecular flexibility index (Phi) is 6.37. The largest absolute Gasteiger partial charge is 0.508 e. The highest BCUT2D eigenvalue weighted by atomic mass is 16.6. The van der Waals surface area contributed by atoms with Crippen molar-refractivity contribution in [3.05, 3.63) is 35.9 Å². The maximum absolute atomic E-state index is 10.6. The van der Waals surface area contributed by atoms with Crippen molar-refractivity contribution < 1.29 is 39.4 Å². The first-order chi connectivity index (χ1) is 12.4. The number of aromatic hydroxyl groups is 2. The fraction of sp³-hybridized carbons (Fsp3) is 0.333. The minimum Gasteiger partial charge on any atom is -0.508 e. The van der Waals surface area contributed by atoms with Crippen LogP contribution in [0.25, 0.3) is 0 Å². The second-order valence-corrected chi connectivity index (χ2v) is 5.39. The van der Waals surface area contributed by atoms with E-state index >= 15 is 0 Å². The third-order valence-electron chi connectivity index (χ3n) is 3.79. The smallest absolute Gasteiger partial charge is 0.204 e. The fourth-order valence-corrected chi connectivity index (χ4v) is 2.43. The third kappa shape index (κ3) is 4.04. The van der Waals surface area contributed by atoms with Gasteiger partial charge in [0.05, 0.1) is 27.9 Å². The van der Waals surface area contributed by atoms with Crippen LogP contribution in [0.15, 0.2) is 30.3 Å². The lowest BCUT2D eigenvalue weighted by Gasteiger charge is -2.25. The number of ether oxygens (including phenoxy) is 4. The molecule has 0 amide bonds. The zero-order chi connectivity index (χ0) is 19.3. The quantitative estimate of drug-likeness (QED) is 0.556. The molecule has 0 aliphatic carbocycles. The van der Waals surface area contributed by atoms with Crippen LogP contribution in [-0.4, -0.2) is 54.5 Å². The lowest BCUT2D eigenvalue weighted by Crippen LogP contribution is -2.29. The summed E-state index contributed by atoms with van der Waals surface area (Å²) in [6.07, 6.45) is -2.31. The van der Waals surface area contributed by atoms with E-state index < -0.39 is 18.8 Å². The van der Waals surface area contributed by atoms with Crippen molar-refractivity contribution in [3.8, 4) is 34.5 Å². The van der Waals surface area contributed by atoms with Crippen LogP contribution in [0.3, 0.4) is 0 Å². The van der Waals surface area contributed by atoms with Crippen LogP contribution < -0.4 is 18.9 Å². The molecule has 142 valence electrons. The normalized spacial score (nSPS) is 13.0. The Morgan fingerprint density at radius 1 is 0.885 bits per heavy atom. The number of aliphatic hydroxyl groups is 2. The highest BCUT2D eigenvalue weighted by Crippen LogP contribution is 2.42. The molecule has 2 aromatic carbocycles. The van der Waals surface area contributed by atoms with Crippen molar-refractivity contribution in [1.29, 1.82) is 0 Å². The van der Waals surface area contributed by atoms with Crippen LogP contribution in [0.2, 0.25) is 0 Å². The molecule has 2 aromatic rings. The second kappa shape index (κ2) is 8.50. The van der Waals surface area contributed by atoms with E-state index in [0.29, 0.717) is 5.56 Å². The Bertz CT molecular complexity index is 721. The lowest BCUT2D eigenvalue weighted by atomic mass is 10.0. The van der Waals surface area contributed by atoms with Crippen molar-refractivity contribution in [3.63, 3.8) is 0 Å². The van der Waals surface area contributed by atoms with E-state index in [2.05, 4.69) is 0 Å². The maximum atomic E-state index is 10.6. The van der Waals surface area contributed by atoms with Gasteiger partial charge < -0.3 is 39.4 Å². The predicted octanol–water partition coefficient (Wildman–Crippen LogP) is 1.60. The van der Waals surface area contributed by atoms with Gasteiger partial charge in [0.2, 0.25) is 5.75 Å². The molecule has 8 nitrogen and oxygen atoms in total. The Morgan fingerprint density at radius 2 is 1.46 bits per heavy atom. The summed E-state index contributed by atoms with van der Waals surface area (Å²) in [7, 11) is 4.16. The first-order valence-corrected chi connectivity index (χ1v) is 7.72. The van der Waals surface area contributed by atoms with Gasteiger partial charge in [0.1, 0.15) is 11.9 Å². The van der Waals surface area contributed by atoms with Gasteiger partial charge in [-0.1, -0.05) is 6.07 Å². The van der Waals surface area contributed by atoms with E-state index in [4.69, 9.17) is 18.9 Å². The molecule has 0 aliphatic rings. The Labute approximate surface area is 150 Å². The summed E-state index contributed by atoms with van der Waals surface area (Å²) in [6.45, 7) is -0.516.